The molecule has 17 heavy (non-hydrogen) atoms. The standard InChI is InChI=1S/C10H10F3NO3/c1-6(15)9(16)14-7-3-2-4-8(5-7)17-10(11,12)13/h2-6,15H,1H3,(H,14,16). The molecule has 0 saturated heterocycles. The minimum Gasteiger partial charge on any atom is -0.406 e. The Bertz CT molecular complexity index is 404. The molecule has 94 valence electrons. The normalized spacial score (nSPS) is 13.0. The van der Waals surface area contributed by atoms with Crippen LogP contribution in [0.4, 0.5) is 18.9 Å². The summed E-state index contributed by atoms with van der Waals surface area (Å²) in [6.45, 7) is 1.24. The number of nitrogens with one attached hydrogen (secondary N) is 1. The van der Waals surface area contributed by atoms with Gasteiger partial charge in [-0.2, -0.15) is 0 Å². The summed E-state index contributed by atoms with van der Waals surface area (Å²) in [6, 6.07) is 4.78. The maximum absolute atomic E-state index is 11.9. The van der Waals surface area contributed by atoms with Gasteiger partial charge in [-0.25, -0.2) is 0 Å². The lowest BCUT2D eigenvalue weighted by Crippen LogP contribution is -2.24. The van der Waals surface area contributed by atoms with Crippen LogP contribution in [0.2, 0.25) is 0 Å². The van der Waals surface area contributed by atoms with Gasteiger partial charge in [-0.05, 0) is 19.1 Å². The predicted molar refractivity (Wildman–Crippen MR) is 53.4 cm³/mol. The van der Waals surface area contributed by atoms with Crippen molar-refractivity contribution in [2.45, 2.75) is 19.4 Å². The molecule has 0 aliphatic carbocycles. The van der Waals surface area contributed by atoms with Crippen molar-refractivity contribution in [1.29, 1.82) is 0 Å². The monoisotopic (exact) mass is 249 g/mol. The zero-order chi connectivity index (χ0) is 13.1. The van der Waals surface area contributed by atoms with Gasteiger partial charge in [0, 0.05) is 11.8 Å². The number of alkyl halides is 3. The second kappa shape index (κ2) is 5.05. The molecule has 0 aliphatic heterocycles. The Balaban J connectivity index is 2.76. The lowest BCUT2D eigenvalue weighted by Gasteiger charge is -2.11. The molecular weight excluding hydrogens is 239 g/mol. The van der Waals surface area contributed by atoms with E-state index >= 15 is 0 Å². The smallest absolute Gasteiger partial charge is 0.406 e. The van der Waals surface area contributed by atoms with Gasteiger partial charge in [-0.3, -0.25) is 4.79 Å². The lowest BCUT2D eigenvalue weighted by atomic mass is 10.3. The molecule has 1 atom stereocenters. The molecule has 0 aromatic heterocycles. The summed E-state index contributed by atoms with van der Waals surface area (Å²) in [6.07, 6.45) is -6.03. The Morgan fingerprint density at radius 1 is 1.47 bits per heavy atom. The van der Waals surface area contributed by atoms with Gasteiger partial charge in [-0.15, -0.1) is 13.2 Å². The van der Waals surface area contributed by atoms with Gasteiger partial charge in [0.2, 0.25) is 0 Å². The summed E-state index contributed by atoms with van der Waals surface area (Å²) in [4.78, 5) is 11.1. The van der Waals surface area contributed by atoms with E-state index in [1.54, 1.807) is 0 Å². The van der Waals surface area contributed by atoms with Crippen LogP contribution >= 0.6 is 0 Å². The van der Waals surface area contributed by atoms with Gasteiger partial charge >= 0.3 is 6.36 Å². The second-order valence-corrected chi connectivity index (χ2v) is 3.24. The molecule has 0 bridgehead atoms. The van der Waals surface area contributed by atoms with E-state index in [2.05, 4.69) is 10.1 Å². The molecule has 4 nitrogen and oxygen atoms in total. The largest absolute Gasteiger partial charge is 0.573 e. The Hall–Kier alpha value is -1.76. The number of anilines is 1. The van der Waals surface area contributed by atoms with Gasteiger partial charge in [0.15, 0.2) is 0 Å². The van der Waals surface area contributed by atoms with E-state index in [0.29, 0.717) is 0 Å². The summed E-state index contributed by atoms with van der Waals surface area (Å²) >= 11 is 0. The number of carbonyl (C=O) groups is 1. The minimum atomic E-state index is -4.78. The first kappa shape index (κ1) is 13.3. The summed E-state index contributed by atoms with van der Waals surface area (Å²) in [5.41, 5.74) is 0.109. The van der Waals surface area contributed by atoms with Crippen LogP contribution < -0.4 is 10.1 Å². The zero-order valence-corrected chi connectivity index (χ0v) is 8.78. The Labute approximate surface area is 95.0 Å². The molecule has 0 aliphatic rings. The van der Waals surface area contributed by atoms with Crippen molar-refractivity contribution in [3.8, 4) is 5.75 Å². The molecule has 0 fully saturated rings. The molecule has 0 heterocycles. The summed E-state index contributed by atoms with van der Waals surface area (Å²) in [5, 5.41) is 11.1. The van der Waals surface area contributed by atoms with E-state index in [1.165, 1.54) is 19.1 Å². The van der Waals surface area contributed by atoms with E-state index in [-0.39, 0.29) is 5.69 Å². The third-order valence-electron chi connectivity index (χ3n) is 1.71. The number of amides is 1. The van der Waals surface area contributed by atoms with Gasteiger partial charge in [-0.1, -0.05) is 6.07 Å². The molecule has 0 spiro atoms. The van der Waals surface area contributed by atoms with Crippen LogP contribution in [-0.2, 0) is 4.79 Å². The van der Waals surface area contributed by atoms with E-state index in [0.717, 1.165) is 12.1 Å². The zero-order valence-electron chi connectivity index (χ0n) is 8.78. The van der Waals surface area contributed by atoms with E-state index < -0.39 is 24.1 Å². The van der Waals surface area contributed by atoms with Crippen molar-refractivity contribution < 1.29 is 27.8 Å². The number of aliphatic hydroxyl groups is 1. The quantitative estimate of drug-likeness (QED) is 0.860. The molecule has 1 amide bonds. The van der Waals surface area contributed by atoms with Crippen LogP contribution in [0.3, 0.4) is 0 Å². The van der Waals surface area contributed by atoms with Crippen molar-refractivity contribution in [2.75, 3.05) is 5.32 Å². The van der Waals surface area contributed by atoms with Crippen LogP contribution in [0.25, 0.3) is 0 Å². The molecule has 1 aromatic carbocycles. The molecular formula is C10H10F3NO3. The van der Waals surface area contributed by atoms with E-state index in [1.807, 2.05) is 0 Å². The number of carbonyl (C=O) groups excluding carboxylic acids is 1. The van der Waals surface area contributed by atoms with Gasteiger partial charge in [0.1, 0.15) is 11.9 Å². The van der Waals surface area contributed by atoms with Crippen molar-refractivity contribution in [3.05, 3.63) is 24.3 Å². The highest BCUT2D eigenvalue weighted by Gasteiger charge is 2.31. The fraction of sp³-hybridized carbons (Fsp3) is 0.300. The molecule has 1 rings (SSSR count). The van der Waals surface area contributed by atoms with Crippen molar-refractivity contribution in [3.63, 3.8) is 0 Å². The fourth-order valence-electron chi connectivity index (χ4n) is 1.02. The highest BCUT2D eigenvalue weighted by Crippen LogP contribution is 2.24. The number of ether oxygens (including phenoxy) is 1. The third-order valence-corrected chi connectivity index (χ3v) is 1.71. The molecule has 2 N–H and O–H groups in total. The Morgan fingerprint density at radius 3 is 2.65 bits per heavy atom. The minimum absolute atomic E-state index is 0.109. The van der Waals surface area contributed by atoms with Crippen LogP contribution in [0, 0.1) is 0 Å². The predicted octanol–water partition coefficient (Wildman–Crippen LogP) is 1.90. The average molecular weight is 249 g/mol. The summed E-state index contributed by atoms with van der Waals surface area (Å²) in [7, 11) is 0. The van der Waals surface area contributed by atoms with Crippen molar-refractivity contribution in [2.24, 2.45) is 0 Å². The lowest BCUT2D eigenvalue weighted by molar-refractivity contribution is -0.274. The first-order chi connectivity index (χ1) is 7.78. The maximum Gasteiger partial charge on any atom is 0.573 e. The third kappa shape index (κ3) is 4.73. The number of hydrogen-bond donors (Lipinski definition) is 2. The van der Waals surface area contributed by atoms with Crippen LogP contribution in [-0.4, -0.2) is 23.5 Å². The number of hydrogen-bond acceptors (Lipinski definition) is 3. The first-order valence-electron chi connectivity index (χ1n) is 4.62. The Morgan fingerprint density at radius 2 is 2.12 bits per heavy atom. The van der Waals surface area contributed by atoms with E-state index in [4.69, 9.17) is 5.11 Å². The topological polar surface area (TPSA) is 58.6 Å². The number of benzene rings is 1. The molecule has 7 heteroatoms. The SMILES string of the molecule is CC(O)C(=O)Nc1cccc(OC(F)(F)F)c1. The second-order valence-electron chi connectivity index (χ2n) is 3.24. The fourth-order valence-corrected chi connectivity index (χ4v) is 1.02. The van der Waals surface area contributed by atoms with Crippen molar-refractivity contribution in [1.82, 2.24) is 0 Å². The number of aliphatic hydroxyl groups excluding tert-OH is 1. The highest BCUT2D eigenvalue weighted by molar-refractivity contribution is 5.93. The summed E-state index contributed by atoms with van der Waals surface area (Å²) in [5.74, 6) is -1.16. The van der Waals surface area contributed by atoms with Crippen LogP contribution in [0.1, 0.15) is 6.92 Å². The van der Waals surface area contributed by atoms with Crippen LogP contribution in [0.5, 0.6) is 5.75 Å². The van der Waals surface area contributed by atoms with Crippen molar-refractivity contribution >= 4 is 11.6 Å². The number of rotatable bonds is 3. The van der Waals surface area contributed by atoms with Gasteiger partial charge < -0.3 is 15.2 Å². The van der Waals surface area contributed by atoms with Gasteiger partial charge in [0.25, 0.3) is 5.91 Å². The average Bonchev–Trinajstić information content (AvgIpc) is 2.15. The molecule has 1 aromatic rings. The number of halogens is 3. The highest BCUT2D eigenvalue weighted by atomic mass is 19.4. The first-order valence-corrected chi connectivity index (χ1v) is 4.62. The van der Waals surface area contributed by atoms with E-state index in [9.17, 15) is 18.0 Å². The van der Waals surface area contributed by atoms with Crippen LogP contribution in [0.15, 0.2) is 24.3 Å². The van der Waals surface area contributed by atoms with Gasteiger partial charge in [0.05, 0.1) is 0 Å². The summed E-state index contributed by atoms with van der Waals surface area (Å²) < 4.78 is 39.4. The molecule has 0 saturated carbocycles. The molecule has 0 radical (unpaired) electrons. The Kier molecular flexibility index (Phi) is 3.95. The maximum atomic E-state index is 11.9. The molecule has 1 unspecified atom stereocenters.